The SMILES string of the molecule is CCCNC(=O)[C@H](C)N(Cc1ccccc1Cl)C(=O)CN(c1ccc2c(c1)OCCO2)S(=O)(=O)CC. The van der Waals surface area contributed by atoms with Gasteiger partial charge in [-0.25, -0.2) is 8.42 Å². The molecule has 0 unspecified atom stereocenters. The number of sulfonamides is 1. The third-order valence-electron chi connectivity index (χ3n) is 5.81. The number of amides is 2. The fraction of sp³-hybridized carbons (Fsp3) is 0.440. The lowest BCUT2D eigenvalue weighted by molar-refractivity contribution is -0.139. The van der Waals surface area contributed by atoms with Gasteiger partial charge in [0.15, 0.2) is 11.5 Å². The Morgan fingerprint density at radius 1 is 1.08 bits per heavy atom. The number of benzene rings is 2. The maximum atomic E-state index is 13.7. The van der Waals surface area contributed by atoms with Gasteiger partial charge in [0.05, 0.1) is 11.4 Å². The minimum atomic E-state index is -3.85. The fourth-order valence-corrected chi connectivity index (χ4v) is 4.94. The molecule has 1 atom stereocenters. The number of rotatable bonds is 11. The number of ether oxygens (including phenoxy) is 2. The van der Waals surface area contributed by atoms with E-state index in [9.17, 15) is 18.0 Å². The van der Waals surface area contributed by atoms with Crippen molar-refractivity contribution in [1.29, 1.82) is 0 Å². The number of anilines is 1. The molecular weight excluding hydrogens is 506 g/mol. The summed E-state index contributed by atoms with van der Waals surface area (Å²) in [7, 11) is -3.85. The van der Waals surface area contributed by atoms with E-state index >= 15 is 0 Å². The average Bonchev–Trinajstić information content (AvgIpc) is 2.88. The lowest BCUT2D eigenvalue weighted by Crippen LogP contribution is -2.51. The molecule has 0 bridgehead atoms. The Kier molecular flexibility index (Phi) is 9.44. The summed E-state index contributed by atoms with van der Waals surface area (Å²) in [6.45, 7) is 5.80. The zero-order chi connectivity index (χ0) is 26.3. The van der Waals surface area contributed by atoms with Crippen LogP contribution in [-0.4, -0.2) is 63.2 Å². The zero-order valence-electron chi connectivity index (χ0n) is 20.7. The third kappa shape index (κ3) is 6.61. The first kappa shape index (κ1) is 27.6. The highest BCUT2D eigenvalue weighted by Crippen LogP contribution is 2.35. The molecule has 0 aliphatic carbocycles. The lowest BCUT2D eigenvalue weighted by Gasteiger charge is -2.32. The predicted octanol–water partition coefficient (Wildman–Crippen LogP) is 3.21. The van der Waals surface area contributed by atoms with Crippen molar-refractivity contribution in [2.45, 2.75) is 39.8 Å². The molecule has 0 saturated heterocycles. The summed E-state index contributed by atoms with van der Waals surface area (Å²) in [5.41, 5.74) is 0.919. The Hall–Kier alpha value is -2.98. The van der Waals surface area contributed by atoms with Crippen LogP contribution in [0, 0.1) is 0 Å². The topological polar surface area (TPSA) is 105 Å². The van der Waals surface area contributed by atoms with E-state index in [2.05, 4.69) is 5.32 Å². The summed E-state index contributed by atoms with van der Waals surface area (Å²) >= 11 is 6.33. The minimum Gasteiger partial charge on any atom is -0.486 e. The number of hydrogen-bond donors (Lipinski definition) is 1. The number of carbonyl (C=O) groups is 2. The predicted molar refractivity (Wildman–Crippen MR) is 139 cm³/mol. The molecule has 36 heavy (non-hydrogen) atoms. The van der Waals surface area contributed by atoms with E-state index in [1.165, 1.54) is 11.8 Å². The second kappa shape index (κ2) is 12.3. The molecule has 1 aliphatic heterocycles. The Balaban J connectivity index is 1.94. The van der Waals surface area contributed by atoms with Gasteiger partial charge in [-0.3, -0.25) is 13.9 Å². The molecule has 1 aliphatic rings. The van der Waals surface area contributed by atoms with Crippen LogP contribution in [0.1, 0.15) is 32.8 Å². The first-order valence-corrected chi connectivity index (χ1v) is 13.9. The maximum Gasteiger partial charge on any atom is 0.244 e. The normalized spacial score (nSPS) is 13.6. The van der Waals surface area contributed by atoms with Crippen LogP contribution in [-0.2, 0) is 26.2 Å². The van der Waals surface area contributed by atoms with E-state index in [1.54, 1.807) is 49.4 Å². The minimum absolute atomic E-state index is 0.0420. The number of nitrogens with one attached hydrogen (secondary N) is 1. The quantitative estimate of drug-likeness (QED) is 0.472. The molecule has 2 amide bonds. The van der Waals surface area contributed by atoms with Gasteiger partial charge in [-0.1, -0.05) is 36.7 Å². The molecule has 0 aromatic heterocycles. The lowest BCUT2D eigenvalue weighted by atomic mass is 10.1. The van der Waals surface area contributed by atoms with E-state index in [0.717, 1.165) is 10.7 Å². The van der Waals surface area contributed by atoms with Crippen LogP contribution >= 0.6 is 11.6 Å². The maximum absolute atomic E-state index is 13.7. The van der Waals surface area contributed by atoms with Crippen molar-refractivity contribution >= 4 is 39.1 Å². The molecule has 0 fully saturated rings. The highest BCUT2D eigenvalue weighted by atomic mass is 35.5. The van der Waals surface area contributed by atoms with Crippen LogP contribution in [0.5, 0.6) is 11.5 Å². The summed E-state index contributed by atoms with van der Waals surface area (Å²) in [5, 5.41) is 3.25. The monoisotopic (exact) mass is 537 g/mol. The molecule has 9 nitrogen and oxygen atoms in total. The molecule has 1 N–H and O–H groups in total. The van der Waals surface area contributed by atoms with Crippen LogP contribution < -0.4 is 19.1 Å². The first-order chi connectivity index (χ1) is 17.2. The van der Waals surface area contributed by atoms with Gasteiger partial charge < -0.3 is 19.7 Å². The molecular formula is C25H32ClN3O6S. The van der Waals surface area contributed by atoms with Gasteiger partial charge in [-0.05, 0) is 44.0 Å². The van der Waals surface area contributed by atoms with Crippen molar-refractivity contribution in [2.75, 3.05) is 36.4 Å². The van der Waals surface area contributed by atoms with Crippen LogP contribution in [0.3, 0.4) is 0 Å². The number of fused-ring (bicyclic) bond motifs is 1. The van der Waals surface area contributed by atoms with Gasteiger partial charge in [-0.2, -0.15) is 0 Å². The molecule has 196 valence electrons. The molecule has 2 aromatic carbocycles. The summed E-state index contributed by atoms with van der Waals surface area (Å²) in [6.07, 6.45) is 0.740. The Morgan fingerprint density at radius 3 is 2.44 bits per heavy atom. The number of hydrogen-bond acceptors (Lipinski definition) is 6. The Morgan fingerprint density at radius 2 is 1.78 bits per heavy atom. The van der Waals surface area contributed by atoms with Crippen LogP contribution in [0.4, 0.5) is 5.69 Å². The van der Waals surface area contributed by atoms with E-state index in [4.69, 9.17) is 21.1 Å². The summed E-state index contributed by atoms with van der Waals surface area (Å²) in [6, 6.07) is 10.9. The molecule has 0 spiro atoms. The van der Waals surface area contributed by atoms with Crippen molar-refractivity contribution in [3.63, 3.8) is 0 Å². The molecule has 3 rings (SSSR count). The molecule has 0 radical (unpaired) electrons. The third-order valence-corrected chi connectivity index (χ3v) is 7.92. The van der Waals surface area contributed by atoms with Crippen molar-refractivity contribution < 1.29 is 27.5 Å². The van der Waals surface area contributed by atoms with E-state index in [0.29, 0.717) is 41.8 Å². The standard InChI is InChI=1S/C25H32ClN3O6S/c1-4-12-27-25(31)18(3)28(16-19-8-6-7-9-21(19)26)24(30)17-29(36(32,33)5-2)20-10-11-22-23(15-20)35-14-13-34-22/h6-11,15,18H,4-5,12-14,16-17H2,1-3H3,(H,27,31)/t18-/m0/s1. The number of carbonyl (C=O) groups excluding carboxylic acids is 2. The Labute approximate surface area is 217 Å². The van der Waals surface area contributed by atoms with E-state index in [-0.39, 0.29) is 23.9 Å². The zero-order valence-corrected chi connectivity index (χ0v) is 22.3. The highest BCUT2D eigenvalue weighted by molar-refractivity contribution is 7.92. The summed E-state index contributed by atoms with van der Waals surface area (Å²) < 4.78 is 38.3. The average molecular weight is 538 g/mol. The van der Waals surface area contributed by atoms with Gasteiger partial charge in [0.2, 0.25) is 21.8 Å². The van der Waals surface area contributed by atoms with E-state index in [1.807, 2.05) is 6.92 Å². The Bertz CT molecular complexity index is 1190. The van der Waals surface area contributed by atoms with Gasteiger partial charge in [0.25, 0.3) is 0 Å². The molecule has 2 aromatic rings. The molecule has 1 heterocycles. The van der Waals surface area contributed by atoms with Crippen LogP contribution in [0.25, 0.3) is 0 Å². The highest BCUT2D eigenvalue weighted by Gasteiger charge is 2.31. The second-order valence-corrected chi connectivity index (χ2v) is 10.9. The molecule has 11 heteroatoms. The van der Waals surface area contributed by atoms with Crippen molar-refractivity contribution in [1.82, 2.24) is 10.2 Å². The van der Waals surface area contributed by atoms with Crippen molar-refractivity contribution in [2.24, 2.45) is 0 Å². The van der Waals surface area contributed by atoms with Gasteiger partial charge in [0.1, 0.15) is 25.8 Å². The largest absolute Gasteiger partial charge is 0.486 e. The second-order valence-electron chi connectivity index (χ2n) is 8.32. The smallest absolute Gasteiger partial charge is 0.244 e. The van der Waals surface area contributed by atoms with Gasteiger partial charge in [-0.15, -0.1) is 0 Å². The van der Waals surface area contributed by atoms with Crippen LogP contribution in [0.2, 0.25) is 5.02 Å². The van der Waals surface area contributed by atoms with Crippen molar-refractivity contribution in [3.8, 4) is 11.5 Å². The number of halogens is 1. The molecule has 0 saturated carbocycles. The van der Waals surface area contributed by atoms with Crippen LogP contribution in [0.15, 0.2) is 42.5 Å². The van der Waals surface area contributed by atoms with Gasteiger partial charge >= 0.3 is 0 Å². The summed E-state index contributed by atoms with van der Waals surface area (Å²) in [5.74, 6) is -0.178. The fourth-order valence-electron chi connectivity index (χ4n) is 3.70. The van der Waals surface area contributed by atoms with Crippen molar-refractivity contribution in [3.05, 3.63) is 53.1 Å². The summed E-state index contributed by atoms with van der Waals surface area (Å²) in [4.78, 5) is 27.8. The number of nitrogens with zero attached hydrogens (tertiary/aromatic N) is 2. The van der Waals surface area contributed by atoms with Gasteiger partial charge in [0, 0.05) is 24.2 Å². The van der Waals surface area contributed by atoms with E-state index < -0.39 is 28.5 Å². The first-order valence-electron chi connectivity index (χ1n) is 11.9.